The highest BCUT2D eigenvalue weighted by atomic mass is 35.5. The largest absolute Gasteiger partial charge is 0.478 e. The fraction of sp³-hybridized carbons (Fsp3) is 0.333. The summed E-state index contributed by atoms with van der Waals surface area (Å²) in [6.07, 6.45) is 0.593. The standard InChI is InChI=1S/C12H11Cl2NO3/c1-15-3-2-10(12(15)17)18-11-7(6-16)4-8(13)5-9(11)14/h4-6,10H,2-3H2,1H3. The minimum atomic E-state index is -0.590. The summed E-state index contributed by atoms with van der Waals surface area (Å²) in [6, 6.07) is 2.94. The summed E-state index contributed by atoms with van der Waals surface area (Å²) in [5.74, 6) is 0.0996. The lowest BCUT2D eigenvalue weighted by molar-refractivity contribution is -0.132. The van der Waals surface area contributed by atoms with Crippen LogP contribution in [-0.4, -0.2) is 36.8 Å². The molecule has 1 saturated heterocycles. The number of ether oxygens (including phenoxy) is 1. The summed E-state index contributed by atoms with van der Waals surface area (Å²) in [5.41, 5.74) is 0.245. The zero-order valence-corrected chi connectivity index (χ0v) is 11.2. The Labute approximate surface area is 114 Å². The number of nitrogens with zero attached hydrogens (tertiary/aromatic N) is 1. The molecule has 1 heterocycles. The van der Waals surface area contributed by atoms with Crippen molar-refractivity contribution in [2.75, 3.05) is 13.6 Å². The molecule has 1 aromatic carbocycles. The highest BCUT2D eigenvalue weighted by Gasteiger charge is 2.31. The van der Waals surface area contributed by atoms with Crippen LogP contribution < -0.4 is 4.74 Å². The number of halogens is 2. The van der Waals surface area contributed by atoms with Crippen LogP contribution in [0, 0.1) is 0 Å². The molecule has 1 unspecified atom stereocenters. The first kappa shape index (κ1) is 13.2. The van der Waals surface area contributed by atoms with Gasteiger partial charge in [0.2, 0.25) is 0 Å². The van der Waals surface area contributed by atoms with Crippen molar-refractivity contribution in [3.63, 3.8) is 0 Å². The number of hydrogen-bond acceptors (Lipinski definition) is 3. The Balaban J connectivity index is 2.29. The van der Waals surface area contributed by atoms with E-state index in [0.29, 0.717) is 24.3 Å². The molecule has 1 fully saturated rings. The zero-order valence-electron chi connectivity index (χ0n) is 9.65. The van der Waals surface area contributed by atoms with Gasteiger partial charge < -0.3 is 9.64 Å². The lowest BCUT2D eigenvalue weighted by atomic mass is 10.2. The molecule has 0 N–H and O–H groups in total. The van der Waals surface area contributed by atoms with Crippen molar-refractivity contribution in [3.8, 4) is 5.75 Å². The number of rotatable bonds is 3. The third-order valence-corrected chi connectivity index (χ3v) is 3.30. The van der Waals surface area contributed by atoms with Gasteiger partial charge in [-0.05, 0) is 12.1 Å². The van der Waals surface area contributed by atoms with Crippen LogP contribution in [0.3, 0.4) is 0 Å². The van der Waals surface area contributed by atoms with Gasteiger partial charge in [0.15, 0.2) is 12.4 Å². The zero-order chi connectivity index (χ0) is 13.3. The average Bonchev–Trinajstić information content (AvgIpc) is 2.63. The van der Waals surface area contributed by atoms with Gasteiger partial charge in [-0.15, -0.1) is 0 Å². The first-order valence-corrected chi connectivity index (χ1v) is 6.14. The van der Waals surface area contributed by atoms with E-state index in [1.54, 1.807) is 11.9 Å². The van der Waals surface area contributed by atoms with Crippen molar-refractivity contribution in [3.05, 3.63) is 27.7 Å². The highest BCUT2D eigenvalue weighted by Crippen LogP contribution is 2.33. The summed E-state index contributed by atoms with van der Waals surface area (Å²) >= 11 is 11.8. The highest BCUT2D eigenvalue weighted by molar-refractivity contribution is 6.36. The van der Waals surface area contributed by atoms with Gasteiger partial charge in [0.25, 0.3) is 5.91 Å². The topological polar surface area (TPSA) is 46.6 Å². The molecular formula is C12H11Cl2NO3. The van der Waals surface area contributed by atoms with Crippen LogP contribution in [0.5, 0.6) is 5.75 Å². The Morgan fingerprint density at radius 2 is 2.17 bits per heavy atom. The Hall–Kier alpha value is -1.26. The molecule has 0 spiro atoms. The van der Waals surface area contributed by atoms with E-state index < -0.39 is 6.10 Å². The molecule has 1 amide bonds. The number of amides is 1. The second-order valence-corrected chi connectivity index (χ2v) is 4.92. The Bertz CT molecular complexity index is 504. The predicted octanol–water partition coefficient (Wildman–Crippen LogP) is 2.42. The Morgan fingerprint density at radius 3 is 2.72 bits per heavy atom. The van der Waals surface area contributed by atoms with E-state index in [0.717, 1.165) is 0 Å². The maximum absolute atomic E-state index is 11.7. The van der Waals surface area contributed by atoms with Gasteiger partial charge in [-0.25, -0.2) is 0 Å². The van der Waals surface area contributed by atoms with Crippen LogP contribution in [-0.2, 0) is 4.79 Å². The fourth-order valence-corrected chi connectivity index (χ4v) is 2.39. The van der Waals surface area contributed by atoms with Gasteiger partial charge >= 0.3 is 0 Å². The van der Waals surface area contributed by atoms with E-state index >= 15 is 0 Å². The molecule has 0 saturated carbocycles. The van der Waals surface area contributed by atoms with Crippen molar-refractivity contribution in [2.45, 2.75) is 12.5 Å². The lowest BCUT2D eigenvalue weighted by Gasteiger charge is -2.15. The summed E-state index contributed by atoms with van der Waals surface area (Å²) in [7, 11) is 1.70. The number of likely N-dealkylation sites (tertiary alicyclic amines) is 1. The maximum Gasteiger partial charge on any atom is 0.263 e. The SMILES string of the molecule is CN1CCC(Oc2c(Cl)cc(Cl)cc2C=O)C1=O. The van der Waals surface area contributed by atoms with E-state index in [4.69, 9.17) is 27.9 Å². The van der Waals surface area contributed by atoms with Crippen molar-refractivity contribution in [1.29, 1.82) is 0 Å². The molecule has 0 aromatic heterocycles. The Kier molecular flexibility index (Phi) is 3.78. The summed E-state index contributed by atoms with van der Waals surface area (Å²) in [5, 5.41) is 0.580. The molecule has 6 heteroatoms. The summed E-state index contributed by atoms with van der Waals surface area (Å²) < 4.78 is 5.55. The van der Waals surface area contributed by atoms with E-state index in [1.165, 1.54) is 12.1 Å². The van der Waals surface area contributed by atoms with E-state index in [9.17, 15) is 9.59 Å². The van der Waals surface area contributed by atoms with Crippen molar-refractivity contribution in [1.82, 2.24) is 4.90 Å². The smallest absolute Gasteiger partial charge is 0.263 e. The number of carbonyl (C=O) groups is 2. The summed E-state index contributed by atoms with van der Waals surface area (Å²) in [6.45, 7) is 0.630. The van der Waals surface area contributed by atoms with Crippen molar-refractivity contribution >= 4 is 35.4 Å². The third kappa shape index (κ3) is 2.44. The molecule has 0 bridgehead atoms. The maximum atomic E-state index is 11.7. The predicted molar refractivity (Wildman–Crippen MR) is 68.5 cm³/mol. The number of aldehydes is 1. The van der Waals surface area contributed by atoms with Gasteiger partial charge in [0.1, 0.15) is 5.75 Å². The molecule has 4 nitrogen and oxygen atoms in total. The molecular weight excluding hydrogens is 277 g/mol. The monoisotopic (exact) mass is 287 g/mol. The molecule has 1 aliphatic rings. The quantitative estimate of drug-likeness (QED) is 0.802. The second-order valence-electron chi connectivity index (χ2n) is 4.08. The third-order valence-electron chi connectivity index (χ3n) is 2.80. The normalized spacial score (nSPS) is 19.2. The van der Waals surface area contributed by atoms with Crippen LogP contribution in [0.4, 0.5) is 0 Å². The lowest BCUT2D eigenvalue weighted by Crippen LogP contribution is -2.29. The number of carbonyl (C=O) groups excluding carboxylic acids is 2. The van der Waals surface area contributed by atoms with Gasteiger partial charge in [-0.2, -0.15) is 0 Å². The van der Waals surface area contributed by atoms with Crippen molar-refractivity contribution < 1.29 is 14.3 Å². The molecule has 1 aliphatic heterocycles. The molecule has 1 aromatic rings. The molecule has 18 heavy (non-hydrogen) atoms. The second kappa shape index (κ2) is 5.16. The van der Waals surface area contributed by atoms with Crippen LogP contribution >= 0.6 is 23.2 Å². The minimum absolute atomic E-state index is 0.113. The minimum Gasteiger partial charge on any atom is -0.478 e. The molecule has 0 radical (unpaired) electrons. The molecule has 1 atom stereocenters. The first-order valence-electron chi connectivity index (χ1n) is 5.38. The number of benzene rings is 1. The fourth-order valence-electron chi connectivity index (χ4n) is 1.83. The van der Waals surface area contributed by atoms with Crippen LogP contribution in [0.25, 0.3) is 0 Å². The van der Waals surface area contributed by atoms with E-state index in [1.807, 2.05) is 0 Å². The van der Waals surface area contributed by atoms with E-state index in [2.05, 4.69) is 0 Å². The van der Waals surface area contributed by atoms with Gasteiger partial charge in [-0.3, -0.25) is 9.59 Å². The van der Waals surface area contributed by atoms with Crippen molar-refractivity contribution in [2.24, 2.45) is 0 Å². The van der Waals surface area contributed by atoms with E-state index in [-0.39, 0.29) is 22.2 Å². The number of likely N-dealkylation sites (N-methyl/N-ethyl adjacent to an activating group) is 1. The first-order chi connectivity index (χ1) is 8.52. The van der Waals surface area contributed by atoms with Gasteiger partial charge in [-0.1, -0.05) is 23.2 Å². The Morgan fingerprint density at radius 1 is 1.44 bits per heavy atom. The van der Waals surface area contributed by atoms with Crippen LogP contribution in [0.2, 0.25) is 10.0 Å². The van der Waals surface area contributed by atoms with Gasteiger partial charge in [0.05, 0.1) is 10.6 Å². The van der Waals surface area contributed by atoms with Crippen LogP contribution in [0.15, 0.2) is 12.1 Å². The van der Waals surface area contributed by atoms with Gasteiger partial charge in [0, 0.05) is 25.0 Å². The average molecular weight is 288 g/mol. The number of hydrogen-bond donors (Lipinski definition) is 0. The molecule has 96 valence electrons. The van der Waals surface area contributed by atoms with Crippen LogP contribution in [0.1, 0.15) is 16.8 Å². The summed E-state index contributed by atoms with van der Waals surface area (Å²) in [4.78, 5) is 24.3. The molecule has 2 rings (SSSR count). The molecule has 0 aliphatic carbocycles.